The largest absolute Gasteiger partial charge is 0.393 e. The van der Waals surface area contributed by atoms with Crippen LogP contribution in [0.25, 0.3) is 0 Å². The molecule has 1 fully saturated rings. The first-order valence-electron chi connectivity index (χ1n) is 6.41. The zero-order valence-electron chi connectivity index (χ0n) is 10.9. The van der Waals surface area contributed by atoms with Gasteiger partial charge in [-0.05, 0) is 18.9 Å². The van der Waals surface area contributed by atoms with Gasteiger partial charge in [0.25, 0.3) is 0 Å². The Morgan fingerprint density at radius 1 is 1.50 bits per heavy atom. The molecule has 0 atom stereocenters. The summed E-state index contributed by atoms with van der Waals surface area (Å²) in [6.07, 6.45) is 5.32. The quantitative estimate of drug-likeness (QED) is 0.610. The van der Waals surface area contributed by atoms with Gasteiger partial charge in [-0.3, -0.25) is 19.7 Å². The van der Waals surface area contributed by atoms with E-state index >= 15 is 0 Å². The summed E-state index contributed by atoms with van der Waals surface area (Å²) in [5.74, 6) is -0.321. The number of nitro groups is 1. The van der Waals surface area contributed by atoms with E-state index in [9.17, 15) is 19.7 Å². The van der Waals surface area contributed by atoms with Gasteiger partial charge in [0.2, 0.25) is 5.91 Å². The van der Waals surface area contributed by atoms with Crippen molar-refractivity contribution in [2.75, 3.05) is 5.73 Å². The third-order valence-corrected chi connectivity index (χ3v) is 3.39. The molecular weight excluding hydrogens is 264 g/mol. The number of carbonyl (C=O) groups is 1. The minimum atomic E-state index is -0.864. The van der Waals surface area contributed by atoms with E-state index in [0.29, 0.717) is 0 Å². The van der Waals surface area contributed by atoms with Crippen molar-refractivity contribution in [2.24, 2.45) is 0 Å². The fourth-order valence-corrected chi connectivity index (χ4v) is 2.38. The number of carbonyl (C=O) groups excluding carboxylic acids is 1. The molecule has 0 bridgehead atoms. The lowest BCUT2D eigenvalue weighted by atomic mass is 10.2. The van der Waals surface area contributed by atoms with Crippen molar-refractivity contribution >= 4 is 17.3 Å². The highest BCUT2D eigenvalue weighted by Gasteiger charge is 2.21. The van der Waals surface area contributed by atoms with Crippen LogP contribution in [0.4, 0.5) is 11.4 Å². The maximum Gasteiger partial charge on any atom is 0.356 e. The van der Waals surface area contributed by atoms with Crippen molar-refractivity contribution in [3.05, 3.63) is 32.7 Å². The van der Waals surface area contributed by atoms with Gasteiger partial charge in [-0.1, -0.05) is 12.8 Å². The number of nitrogens with two attached hydrogens (primary N) is 1. The predicted molar refractivity (Wildman–Crippen MR) is 72.2 cm³/mol. The number of nitrogens with zero attached hydrogens (tertiary/aromatic N) is 2. The average molecular weight is 280 g/mol. The highest BCUT2D eigenvalue weighted by Crippen LogP contribution is 2.17. The van der Waals surface area contributed by atoms with Crippen molar-refractivity contribution in [1.29, 1.82) is 0 Å². The summed E-state index contributed by atoms with van der Waals surface area (Å²) >= 11 is 0. The van der Waals surface area contributed by atoms with Crippen LogP contribution in [0.1, 0.15) is 25.7 Å². The Hall–Kier alpha value is -2.38. The molecule has 1 saturated carbocycles. The number of hydrogen-bond acceptors (Lipinski definition) is 5. The van der Waals surface area contributed by atoms with Crippen molar-refractivity contribution in [2.45, 2.75) is 38.3 Å². The van der Waals surface area contributed by atoms with Gasteiger partial charge >= 0.3 is 11.2 Å². The number of amides is 1. The van der Waals surface area contributed by atoms with Crippen LogP contribution in [-0.4, -0.2) is 21.4 Å². The van der Waals surface area contributed by atoms with Gasteiger partial charge in [-0.15, -0.1) is 0 Å². The Balaban J connectivity index is 2.13. The Morgan fingerprint density at radius 3 is 2.75 bits per heavy atom. The van der Waals surface area contributed by atoms with E-state index in [0.717, 1.165) is 30.3 Å². The first-order chi connectivity index (χ1) is 9.49. The molecule has 0 aliphatic heterocycles. The molecule has 0 aromatic carbocycles. The van der Waals surface area contributed by atoms with Crippen LogP contribution < -0.4 is 16.6 Å². The van der Waals surface area contributed by atoms with E-state index in [-0.39, 0.29) is 24.2 Å². The molecule has 1 aromatic heterocycles. The van der Waals surface area contributed by atoms with Gasteiger partial charge in [0.1, 0.15) is 12.2 Å². The maximum absolute atomic E-state index is 11.9. The second kappa shape index (κ2) is 5.72. The van der Waals surface area contributed by atoms with Crippen LogP contribution in [0.5, 0.6) is 0 Å². The van der Waals surface area contributed by atoms with Crippen LogP contribution in [0.2, 0.25) is 0 Å². The molecule has 0 unspecified atom stereocenters. The van der Waals surface area contributed by atoms with Crippen molar-refractivity contribution in [3.63, 3.8) is 0 Å². The van der Waals surface area contributed by atoms with E-state index in [1.54, 1.807) is 0 Å². The van der Waals surface area contributed by atoms with Gasteiger partial charge in [0, 0.05) is 12.2 Å². The van der Waals surface area contributed by atoms with Gasteiger partial charge in [0.15, 0.2) is 0 Å². The molecule has 8 nitrogen and oxygen atoms in total. The molecule has 1 aliphatic rings. The summed E-state index contributed by atoms with van der Waals surface area (Å²) in [5.41, 5.74) is 3.64. The lowest BCUT2D eigenvalue weighted by Gasteiger charge is -2.12. The molecule has 8 heteroatoms. The third kappa shape index (κ3) is 2.95. The topological polar surface area (TPSA) is 120 Å². The molecule has 1 aliphatic carbocycles. The van der Waals surface area contributed by atoms with E-state index in [4.69, 9.17) is 5.73 Å². The lowest BCUT2D eigenvalue weighted by molar-refractivity contribution is -0.385. The summed E-state index contributed by atoms with van der Waals surface area (Å²) in [5, 5.41) is 13.6. The number of nitrogens with one attached hydrogen (secondary N) is 1. The lowest BCUT2D eigenvalue weighted by Crippen LogP contribution is -2.37. The average Bonchev–Trinajstić information content (AvgIpc) is 2.85. The Kier molecular flexibility index (Phi) is 4.02. The monoisotopic (exact) mass is 280 g/mol. The number of rotatable bonds is 4. The highest BCUT2D eigenvalue weighted by molar-refractivity contribution is 5.76. The van der Waals surface area contributed by atoms with Gasteiger partial charge in [0.05, 0.1) is 4.92 Å². The second-order valence-corrected chi connectivity index (χ2v) is 4.86. The molecule has 0 saturated heterocycles. The number of anilines is 1. The van der Waals surface area contributed by atoms with Crippen molar-refractivity contribution in [1.82, 2.24) is 9.88 Å². The maximum atomic E-state index is 11.9. The standard InChI is InChI=1S/C12H16N4O4/c13-9-5-6-15(12(18)11(9)16(19)20)7-10(17)14-8-3-1-2-4-8/h5-6,8H,1-4,7,13H2,(H,14,17). The first kappa shape index (κ1) is 14.0. The summed E-state index contributed by atoms with van der Waals surface area (Å²) in [7, 11) is 0. The minimum absolute atomic E-state index is 0.141. The molecule has 0 radical (unpaired) electrons. The Morgan fingerprint density at radius 2 is 2.15 bits per heavy atom. The van der Waals surface area contributed by atoms with E-state index in [1.807, 2.05) is 0 Å². The summed E-state index contributed by atoms with van der Waals surface area (Å²) < 4.78 is 0.999. The fourth-order valence-electron chi connectivity index (χ4n) is 2.38. The Bertz CT molecular complexity index is 590. The van der Waals surface area contributed by atoms with Crippen molar-refractivity contribution in [3.8, 4) is 0 Å². The number of hydrogen-bond donors (Lipinski definition) is 2. The van der Waals surface area contributed by atoms with Gasteiger partial charge < -0.3 is 15.6 Å². The molecule has 1 heterocycles. The first-order valence-corrected chi connectivity index (χ1v) is 6.41. The van der Waals surface area contributed by atoms with E-state index in [2.05, 4.69) is 5.32 Å². The summed E-state index contributed by atoms with van der Waals surface area (Å²) in [4.78, 5) is 33.6. The highest BCUT2D eigenvalue weighted by atomic mass is 16.6. The van der Waals surface area contributed by atoms with Crippen LogP contribution in [0.3, 0.4) is 0 Å². The van der Waals surface area contributed by atoms with Gasteiger partial charge in [-0.25, -0.2) is 0 Å². The number of pyridine rings is 1. The second-order valence-electron chi connectivity index (χ2n) is 4.86. The zero-order valence-corrected chi connectivity index (χ0v) is 10.9. The van der Waals surface area contributed by atoms with E-state index < -0.39 is 16.2 Å². The smallest absolute Gasteiger partial charge is 0.356 e. The molecule has 1 aromatic rings. The molecule has 0 spiro atoms. The molecular formula is C12H16N4O4. The normalized spacial score (nSPS) is 15.2. The third-order valence-electron chi connectivity index (χ3n) is 3.39. The molecule has 108 valence electrons. The summed E-state index contributed by atoms with van der Waals surface area (Å²) in [6, 6.07) is 1.39. The van der Waals surface area contributed by atoms with Crippen LogP contribution in [-0.2, 0) is 11.3 Å². The zero-order chi connectivity index (χ0) is 14.7. The van der Waals surface area contributed by atoms with Crippen molar-refractivity contribution < 1.29 is 9.72 Å². The molecule has 2 rings (SSSR count). The number of aromatic nitrogens is 1. The van der Waals surface area contributed by atoms with Crippen LogP contribution in [0.15, 0.2) is 17.1 Å². The van der Waals surface area contributed by atoms with Gasteiger partial charge in [-0.2, -0.15) is 0 Å². The van der Waals surface area contributed by atoms with Crippen LogP contribution >= 0.6 is 0 Å². The van der Waals surface area contributed by atoms with Crippen LogP contribution in [0, 0.1) is 10.1 Å². The van der Waals surface area contributed by atoms with E-state index in [1.165, 1.54) is 12.3 Å². The Labute approximate surface area is 114 Å². The molecule has 1 amide bonds. The fraction of sp³-hybridized carbons (Fsp3) is 0.500. The predicted octanol–water partition coefficient (Wildman–Crippen LogP) is 0.397. The molecule has 3 N–H and O–H groups in total. The minimum Gasteiger partial charge on any atom is -0.393 e. The SMILES string of the molecule is Nc1ccn(CC(=O)NC2CCCC2)c(=O)c1[N+](=O)[O-]. The molecule has 20 heavy (non-hydrogen) atoms. The number of nitrogen functional groups attached to an aromatic ring is 1. The summed E-state index contributed by atoms with van der Waals surface area (Å²) in [6.45, 7) is -0.240.